The highest BCUT2D eigenvalue weighted by atomic mass is 16.4. The Morgan fingerprint density at radius 1 is 1.26 bits per heavy atom. The van der Waals surface area contributed by atoms with Crippen molar-refractivity contribution in [3.63, 3.8) is 0 Å². The highest BCUT2D eigenvalue weighted by molar-refractivity contribution is 5.71. The summed E-state index contributed by atoms with van der Waals surface area (Å²) in [6.45, 7) is 4.62. The van der Waals surface area contributed by atoms with Crippen LogP contribution in [0.4, 0.5) is 5.95 Å². The SMILES string of the molecule is Cc1ncc2c(n1)C1(CCCN(Cc3cnc(NCC(=O)O)nc3)C1)CC2. The van der Waals surface area contributed by atoms with E-state index in [1.54, 1.807) is 12.4 Å². The molecule has 8 heteroatoms. The summed E-state index contributed by atoms with van der Waals surface area (Å²) < 4.78 is 0. The van der Waals surface area contributed by atoms with E-state index in [1.165, 1.54) is 17.7 Å². The van der Waals surface area contributed by atoms with E-state index >= 15 is 0 Å². The molecule has 27 heavy (non-hydrogen) atoms. The fraction of sp³-hybridized carbons (Fsp3) is 0.526. The fourth-order valence-corrected chi connectivity index (χ4v) is 4.33. The van der Waals surface area contributed by atoms with Gasteiger partial charge in [-0.15, -0.1) is 0 Å². The highest BCUT2D eigenvalue weighted by Crippen LogP contribution is 2.44. The molecule has 1 spiro atoms. The lowest BCUT2D eigenvalue weighted by molar-refractivity contribution is -0.134. The zero-order valence-corrected chi connectivity index (χ0v) is 15.5. The first-order valence-corrected chi connectivity index (χ1v) is 9.36. The highest BCUT2D eigenvalue weighted by Gasteiger charge is 2.43. The number of nitrogens with one attached hydrogen (secondary N) is 1. The normalized spacial score (nSPS) is 22.0. The molecule has 2 aromatic rings. The Bertz CT molecular complexity index is 837. The number of anilines is 1. The first kappa shape index (κ1) is 17.8. The molecular weight excluding hydrogens is 344 g/mol. The van der Waals surface area contributed by atoms with Crippen LogP contribution < -0.4 is 5.32 Å². The summed E-state index contributed by atoms with van der Waals surface area (Å²) in [6, 6.07) is 0. The van der Waals surface area contributed by atoms with Gasteiger partial charge in [0.05, 0.1) is 5.69 Å². The van der Waals surface area contributed by atoms with E-state index in [9.17, 15) is 4.79 Å². The van der Waals surface area contributed by atoms with Crippen LogP contribution in [0.25, 0.3) is 0 Å². The molecule has 2 aromatic heterocycles. The largest absolute Gasteiger partial charge is 0.480 e. The molecule has 0 bridgehead atoms. The molecular formula is C19H24N6O2. The summed E-state index contributed by atoms with van der Waals surface area (Å²) in [5.41, 5.74) is 3.74. The smallest absolute Gasteiger partial charge is 0.322 e. The van der Waals surface area contributed by atoms with Crippen LogP contribution in [-0.4, -0.2) is 55.5 Å². The van der Waals surface area contributed by atoms with Crippen molar-refractivity contribution in [3.05, 3.63) is 41.2 Å². The molecule has 142 valence electrons. The second-order valence-electron chi connectivity index (χ2n) is 7.55. The number of hydrogen-bond acceptors (Lipinski definition) is 7. The molecule has 1 saturated heterocycles. The maximum atomic E-state index is 10.6. The summed E-state index contributed by atoms with van der Waals surface area (Å²) in [4.78, 5) is 30.7. The van der Waals surface area contributed by atoms with Gasteiger partial charge < -0.3 is 10.4 Å². The minimum Gasteiger partial charge on any atom is -0.480 e. The predicted molar refractivity (Wildman–Crippen MR) is 99.4 cm³/mol. The minimum absolute atomic E-state index is 0.144. The minimum atomic E-state index is -0.933. The third kappa shape index (κ3) is 3.75. The summed E-state index contributed by atoms with van der Waals surface area (Å²) >= 11 is 0. The molecule has 0 saturated carbocycles. The van der Waals surface area contributed by atoms with Crippen LogP contribution in [0.2, 0.25) is 0 Å². The maximum absolute atomic E-state index is 10.6. The molecule has 0 radical (unpaired) electrons. The van der Waals surface area contributed by atoms with Gasteiger partial charge in [-0.05, 0) is 44.7 Å². The summed E-state index contributed by atoms with van der Waals surface area (Å²) in [7, 11) is 0. The van der Waals surface area contributed by atoms with Gasteiger partial charge in [0.1, 0.15) is 12.4 Å². The lowest BCUT2D eigenvalue weighted by Crippen LogP contribution is -2.45. The molecule has 1 aliphatic heterocycles. The second kappa shape index (κ2) is 7.19. The number of aryl methyl sites for hydroxylation is 2. The average Bonchev–Trinajstić information content (AvgIpc) is 2.98. The van der Waals surface area contributed by atoms with Crippen molar-refractivity contribution >= 4 is 11.9 Å². The molecule has 1 unspecified atom stereocenters. The van der Waals surface area contributed by atoms with Gasteiger partial charge in [0.2, 0.25) is 5.95 Å². The van der Waals surface area contributed by atoms with Crippen molar-refractivity contribution in [3.8, 4) is 0 Å². The van der Waals surface area contributed by atoms with E-state index in [-0.39, 0.29) is 12.0 Å². The molecule has 8 nitrogen and oxygen atoms in total. The van der Waals surface area contributed by atoms with Gasteiger partial charge in [0, 0.05) is 42.7 Å². The van der Waals surface area contributed by atoms with Gasteiger partial charge in [-0.25, -0.2) is 19.9 Å². The zero-order valence-electron chi connectivity index (χ0n) is 15.5. The molecule has 2 N–H and O–H groups in total. The van der Waals surface area contributed by atoms with E-state index in [0.717, 1.165) is 50.3 Å². The van der Waals surface area contributed by atoms with Crippen molar-refractivity contribution in [2.45, 2.75) is 44.6 Å². The lowest BCUT2D eigenvalue weighted by atomic mass is 9.77. The van der Waals surface area contributed by atoms with Crippen molar-refractivity contribution in [1.82, 2.24) is 24.8 Å². The van der Waals surface area contributed by atoms with E-state index in [0.29, 0.717) is 5.95 Å². The third-order valence-electron chi connectivity index (χ3n) is 5.53. The van der Waals surface area contributed by atoms with Crippen LogP contribution >= 0.6 is 0 Å². The molecule has 0 amide bonds. The second-order valence-corrected chi connectivity index (χ2v) is 7.55. The number of nitrogens with zero attached hydrogens (tertiary/aromatic N) is 5. The van der Waals surface area contributed by atoms with Gasteiger partial charge in [-0.2, -0.15) is 0 Å². The number of carbonyl (C=O) groups is 1. The number of carboxylic acids is 1. The van der Waals surface area contributed by atoms with Crippen LogP contribution in [0.3, 0.4) is 0 Å². The van der Waals surface area contributed by atoms with E-state index < -0.39 is 5.97 Å². The lowest BCUT2D eigenvalue weighted by Gasteiger charge is -2.40. The first-order chi connectivity index (χ1) is 13.0. The predicted octanol–water partition coefficient (Wildman–Crippen LogP) is 1.55. The first-order valence-electron chi connectivity index (χ1n) is 9.36. The number of aromatic nitrogens is 4. The van der Waals surface area contributed by atoms with Gasteiger partial charge in [-0.3, -0.25) is 9.69 Å². The molecule has 4 rings (SSSR count). The number of likely N-dealkylation sites (tertiary alicyclic amines) is 1. The quantitative estimate of drug-likeness (QED) is 0.819. The van der Waals surface area contributed by atoms with Crippen LogP contribution in [0.5, 0.6) is 0 Å². The molecule has 2 aliphatic rings. The number of carboxylic acid groups (broad SMARTS) is 1. The third-order valence-corrected chi connectivity index (χ3v) is 5.53. The summed E-state index contributed by atoms with van der Waals surface area (Å²) in [5, 5.41) is 11.4. The summed E-state index contributed by atoms with van der Waals surface area (Å²) in [5.74, 6) is 0.260. The molecule has 1 fully saturated rings. The van der Waals surface area contributed by atoms with Gasteiger partial charge in [0.15, 0.2) is 0 Å². The fourth-order valence-electron chi connectivity index (χ4n) is 4.33. The maximum Gasteiger partial charge on any atom is 0.322 e. The Hall–Kier alpha value is -2.61. The van der Waals surface area contributed by atoms with Crippen molar-refractivity contribution in [2.75, 3.05) is 25.0 Å². The Morgan fingerprint density at radius 3 is 2.85 bits per heavy atom. The van der Waals surface area contributed by atoms with Gasteiger partial charge >= 0.3 is 5.97 Å². The molecule has 0 aromatic carbocycles. The van der Waals surface area contributed by atoms with Crippen LogP contribution in [0.15, 0.2) is 18.6 Å². The number of aliphatic carboxylic acids is 1. The number of piperidine rings is 1. The monoisotopic (exact) mass is 368 g/mol. The van der Waals surface area contributed by atoms with Crippen LogP contribution in [-0.2, 0) is 23.2 Å². The van der Waals surface area contributed by atoms with Gasteiger partial charge in [0.25, 0.3) is 0 Å². The van der Waals surface area contributed by atoms with Crippen LogP contribution in [0, 0.1) is 6.92 Å². The topological polar surface area (TPSA) is 104 Å². The Kier molecular flexibility index (Phi) is 4.73. The Morgan fingerprint density at radius 2 is 2.07 bits per heavy atom. The number of fused-ring (bicyclic) bond motifs is 2. The van der Waals surface area contributed by atoms with Crippen molar-refractivity contribution in [1.29, 1.82) is 0 Å². The Balaban J connectivity index is 1.44. The van der Waals surface area contributed by atoms with Crippen LogP contribution in [0.1, 0.15) is 41.9 Å². The van der Waals surface area contributed by atoms with E-state index in [1.807, 2.05) is 13.1 Å². The van der Waals surface area contributed by atoms with E-state index in [4.69, 9.17) is 10.1 Å². The molecule has 3 heterocycles. The van der Waals surface area contributed by atoms with Gasteiger partial charge in [-0.1, -0.05) is 0 Å². The zero-order chi connectivity index (χ0) is 18.9. The number of rotatable bonds is 5. The summed E-state index contributed by atoms with van der Waals surface area (Å²) in [6.07, 6.45) is 10.1. The van der Waals surface area contributed by atoms with Crippen molar-refractivity contribution in [2.24, 2.45) is 0 Å². The van der Waals surface area contributed by atoms with Crippen molar-refractivity contribution < 1.29 is 9.90 Å². The standard InChI is InChI=1S/C19H24N6O2/c1-13-20-9-15-3-5-19(17(15)24-13)4-2-6-25(12-19)11-14-7-21-18(22-8-14)23-10-16(26)27/h7-9H,2-6,10-12H2,1H3,(H,26,27)(H,21,22,23). The van der Waals surface area contributed by atoms with E-state index in [2.05, 4.69) is 25.2 Å². The number of hydrogen-bond donors (Lipinski definition) is 2. The Labute approximate surface area is 158 Å². The molecule has 1 aliphatic carbocycles. The average molecular weight is 368 g/mol. The molecule has 1 atom stereocenters.